The van der Waals surface area contributed by atoms with Gasteiger partial charge in [-0.25, -0.2) is 14.6 Å². The maximum absolute atomic E-state index is 12.3. The third-order valence-corrected chi connectivity index (χ3v) is 4.52. The van der Waals surface area contributed by atoms with Gasteiger partial charge in [-0.05, 0) is 54.0 Å². The summed E-state index contributed by atoms with van der Waals surface area (Å²) in [5, 5.41) is 5.31. The van der Waals surface area contributed by atoms with Gasteiger partial charge in [-0.2, -0.15) is 0 Å². The van der Waals surface area contributed by atoms with Crippen LogP contribution in [0.5, 0.6) is 0 Å². The molecule has 2 aromatic rings. The molecule has 0 aliphatic heterocycles. The highest BCUT2D eigenvalue weighted by molar-refractivity contribution is 9.10. The fourth-order valence-electron chi connectivity index (χ4n) is 1.93. The first kappa shape index (κ1) is 20.9. The molecule has 1 aromatic carbocycles. The summed E-state index contributed by atoms with van der Waals surface area (Å²) in [5.74, 6) is -1.36. The number of carbonyl (C=O) groups is 3. The molecule has 2 N–H and O–H groups in total. The maximum Gasteiger partial charge on any atom is 0.339 e. The van der Waals surface area contributed by atoms with Crippen LogP contribution in [0.15, 0.2) is 57.0 Å². The monoisotopic (exact) mass is 451 g/mol. The topological polar surface area (TPSA) is 97.4 Å². The van der Waals surface area contributed by atoms with Crippen molar-refractivity contribution < 1.29 is 19.1 Å². The van der Waals surface area contributed by atoms with Crippen LogP contribution < -0.4 is 10.6 Å². The van der Waals surface area contributed by atoms with Crippen LogP contribution in [-0.2, 0) is 9.53 Å². The molecule has 0 fully saturated rings. The Kier molecular flexibility index (Phi) is 7.81. The van der Waals surface area contributed by atoms with Crippen LogP contribution in [0.1, 0.15) is 24.2 Å². The van der Waals surface area contributed by atoms with Crippen molar-refractivity contribution in [2.45, 2.75) is 29.8 Å². The molecule has 1 heterocycles. The van der Waals surface area contributed by atoms with Crippen LogP contribution in [0.3, 0.4) is 0 Å². The smallest absolute Gasteiger partial charge is 0.339 e. The van der Waals surface area contributed by atoms with Gasteiger partial charge in [-0.15, -0.1) is 0 Å². The number of hydrogen-bond acceptors (Lipinski definition) is 6. The average Bonchev–Trinajstić information content (AvgIpc) is 2.61. The lowest BCUT2D eigenvalue weighted by Gasteiger charge is -2.10. The van der Waals surface area contributed by atoms with Crippen LogP contribution in [0.4, 0.5) is 4.79 Å². The minimum Gasteiger partial charge on any atom is -0.452 e. The lowest BCUT2D eigenvalue weighted by molar-refractivity contribution is -0.123. The number of imide groups is 1. The highest BCUT2D eigenvalue weighted by Gasteiger charge is 2.16. The highest BCUT2D eigenvalue weighted by atomic mass is 79.9. The Morgan fingerprint density at radius 2 is 1.93 bits per heavy atom. The largest absolute Gasteiger partial charge is 0.452 e. The number of urea groups is 1. The van der Waals surface area contributed by atoms with Gasteiger partial charge in [0.25, 0.3) is 5.91 Å². The number of pyridine rings is 1. The van der Waals surface area contributed by atoms with Crippen molar-refractivity contribution in [3.05, 3.63) is 52.6 Å². The SMILES string of the molecule is CC(C)NC(=O)NC(=O)COC(=O)c1ccccc1Sc1ccc(Br)cn1. The normalized spacial score (nSPS) is 10.4. The van der Waals surface area contributed by atoms with Gasteiger partial charge in [0.2, 0.25) is 0 Å². The van der Waals surface area contributed by atoms with Crippen molar-refractivity contribution in [2.24, 2.45) is 0 Å². The summed E-state index contributed by atoms with van der Waals surface area (Å²) in [7, 11) is 0. The Hall–Kier alpha value is -2.39. The van der Waals surface area contributed by atoms with Crippen molar-refractivity contribution in [3.8, 4) is 0 Å². The Balaban J connectivity index is 1.97. The predicted octanol–water partition coefficient (Wildman–Crippen LogP) is 3.39. The lowest BCUT2D eigenvalue weighted by atomic mass is 10.2. The molecule has 0 unspecified atom stereocenters. The average molecular weight is 452 g/mol. The van der Waals surface area contributed by atoms with Gasteiger partial charge < -0.3 is 10.1 Å². The molecule has 0 bridgehead atoms. The van der Waals surface area contributed by atoms with Gasteiger partial charge in [0.15, 0.2) is 6.61 Å². The van der Waals surface area contributed by atoms with E-state index in [-0.39, 0.29) is 6.04 Å². The zero-order chi connectivity index (χ0) is 19.8. The Bertz CT molecular complexity index is 828. The number of esters is 1. The summed E-state index contributed by atoms with van der Waals surface area (Å²) in [4.78, 5) is 40.4. The first-order chi connectivity index (χ1) is 12.8. The van der Waals surface area contributed by atoms with Crippen LogP contribution in [0.2, 0.25) is 0 Å². The summed E-state index contributed by atoms with van der Waals surface area (Å²) < 4.78 is 5.87. The molecule has 3 amide bonds. The van der Waals surface area contributed by atoms with Crippen LogP contribution >= 0.6 is 27.7 Å². The number of nitrogens with zero attached hydrogens (tertiary/aromatic N) is 1. The molecule has 0 aliphatic rings. The van der Waals surface area contributed by atoms with Gasteiger partial charge in [-0.3, -0.25) is 10.1 Å². The van der Waals surface area contributed by atoms with Crippen LogP contribution in [0.25, 0.3) is 0 Å². The minimum absolute atomic E-state index is 0.114. The molecule has 7 nitrogen and oxygen atoms in total. The minimum atomic E-state index is -0.707. The standard InChI is InChI=1S/C18H18BrN3O4S/c1-11(2)21-18(25)22-15(23)10-26-17(24)13-5-3-4-6-14(13)27-16-8-7-12(19)9-20-16/h3-9,11H,10H2,1-2H3,(H2,21,22,23,25). The molecular formula is C18H18BrN3O4S. The summed E-state index contributed by atoms with van der Waals surface area (Å²) in [6.07, 6.45) is 1.66. The number of ether oxygens (including phenoxy) is 1. The summed E-state index contributed by atoms with van der Waals surface area (Å²) in [5.41, 5.74) is 0.312. The van der Waals surface area contributed by atoms with Crippen LogP contribution in [0, 0.1) is 0 Å². The number of amides is 3. The Morgan fingerprint density at radius 3 is 2.59 bits per heavy atom. The van der Waals surface area contributed by atoms with E-state index in [1.165, 1.54) is 11.8 Å². The van der Waals surface area contributed by atoms with E-state index >= 15 is 0 Å². The van der Waals surface area contributed by atoms with E-state index in [9.17, 15) is 14.4 Å². The zero-order valence-electron chi connectivity index (χ0n) is 14.7. The second kappa shape index (κ2) is 10.1. The fraction of sp³-hybridized carbons (Fsp3) is 0.222. The molecule has 9 heteroatoms. The van der Waals surface area contributed by atoms with Gasteiger partial charge in [0.05, 0.1) is 5.56 Å². The molecule has 1 aromatic heterocycles. The van der Waals surface area contributed by atoms with Gasteiger partial charge in [-0.1, -0.05) is 23.9 Å². The number of hydrogen-bond donors (Lipinski definition) is 2. The summed E-state index contributed by atoms with van der Waals surface area (Å²) >= 11 is 4.63. The zero-order valence-corrected chi connectivity index (χ0v) is 17.1. The van der Waals surface area contributed by atoms with Crippen molar-refractivity contribution in [3.63, 3.8) is 0 Å². The van der Waals surface area contributed by atoms with Gasteiger partial charge in [0, 0.05) is 21.6 Å². The fourth-order valence-corrected chi connectivity index (χ4v) is 3.04. The highest BCUT2D eigenvalue weighted by Crippen LogP contribution is 2.30. The molecule has 0 atom stereocenters. The van der Waals surface area contributed by atoms with Crippen molar-refractivity contribution in [1.82, 2.24) is 15.6 Å². The van der Waals surface area contributed by atoms with E-state index in [1.807, 2.05) is 12.1 Å². The molecular weight excluding hydrogens is 434 g/mol. The van der Waals surface area contributed by atoms with E-state index in [0.717, 1.165) is 4.47 Å². The van der Waals surface area contributed by atoms with E-state index in [0.29, 0.717) is 15.5 Å². The number of nitrogens with one attached hydrogen (secondary N) is 2. The number of halogens is 1. The molecule has 0 spiro atoms. The molecule has 0 saturated heterocycles. The molecule has 142 valence electrons. The molecule has 27 heavy (non-hydrogen) atoms. The Morgan fingerprint density at radius 1 is 1.19 bits per heavy atom. The summed E-state index contributed by atoms with van der Waals surface area (Å²) in [6.45, 7) is 2.97. The first-order valence-corrected chi connectivity index (χ1v) is 9.62. The summed E-state index contributed by atoms with van der Waals surface area (Å²) in [6, 6.07) is 9.78. The van der Waals surface area contributed by atoms with E-state index in [4.69, 9.17) is 4.74 Å². The number of aromatic nitrogens is 1. The number of rotatable bonds is 6. The molecule has 0 aliphatic carbocycles. The van der Waals surface area contributed by atoms with E-state index < -0.39 is 24.5 Å². The van der Waals surface area contributed by atoms with E-state index in [2.05, 4.69) is 31.5 Å². The van der Waals surface area contributed by atoms with Crippen molar-refractivity contribution in [2.75, 3.05) is 6.61 Å². The van der Waals surface area contributed by atoms with Gasteiger partial charge in [0.1, 0.15) is 5.03 Å². The number of benzene rings is 1. The second-order valence-corrected chi connectivity index (χ2v) is 7.64. The van der Waals surface area contributed by atoms with Crippen molar-refractivity contribution >= 4 is 45.6 Å². The third kappa shape index (κ3) is 7.03. The molecule has 0 saturated carbocycles. The molecule has 2 rings (SSSR count). The van der Waals surface area contributed by atoms with Crippen molar-refractivity contribution in [1.29, 1.82) is 0 Å². The quantitative estimate of drug-likeness (QED) is 0.653. The first-order valence-electron chi connectivity index (χ1n) is 8.01. The maximum atomic E-state index is 12.3. The molecule has 0 radical (unpaired) electrons. The van der Waals surface area contributed by atoms with Crippen LogP contribution in [-0.4, -0.2) is 35.5 Å². The predicted molar refractivity (Wildman–Crippen MR) is 105 cm³/mol. The number of carbonyl (C=O) groups excluding carboxylic acids is 3. The lowest BCUT2D eigenvalue weighted by Crippen LogP contribution is -2.44. The Labute approximate surface area is 169 Å². The second-order valence-electron chi connectivity index (χ2n) is 5.67. The third-order valence-electron chi connectivity index (χ3n) is 3.03. The van der Waals surface area contributed by atoms with Gasteiger partial charge >= 0.3 is 12.0 Å². The van der Waals surface area contributed by atoms with E-state index in [1.54, 1.807) is 44.3 Å².